The molecule has 3 aromatic heterocycles. The number of piperidine rings is 1. The molecule has 9 nitrogen and oxygen atoms in total. The number of carbonyl (C=O) groups excluding carboxylic acids is 2. The third-order valence-corrected chi connectivity index (χ3v) is 9.39. The van der Waals surface area contributed by atoms with E-state index in [0.717, 1.165) is 50.1 Å². The Labute approximate surface area is 282 Å². The van der Waals surface area contributed by atoms with E-state index in [1.54, 1.807) is 13.1 Å². The largest absolute Gasteiger partial charge is 0.490 e. The number of ketones is 1. The second kappa shape index (κ2) is 13.0. The zero-order chi connectivity index (χ0) is 35.3. The summed E-state index contributed by atoms with van der Waals surface area (Å²) in [6, 6.07) is 7.11. The number of likely N-dealkylation sites (tertiary alicyclic amines) is 1. The van der Waals surface area contributed by atoms with Gasteiger partial charge in [-0.1, -0.05) is 18.6 Å². The fourth-order valence-electron chi connectivity index (χ4n) is 6.97. The normalized spacial score (nSPS) is 16.7. The van der Waals surface area contributed by atoms with E-state index in [2.05, 4.69) is 10.3 Å². The molecule has 1 saturated heterocycles. The molecule has 14 heteroatoms. The highest BCUT2D eigenvalue weighted by Crippen LogP contribution is 2.48. The highest BCUT2D eigenvalue weighted by atomic mass is 19.4. The Kier molecular flexibility index (Phi) is 8.68. The average Bonchev–Trinajstić information content (AvgIpc) is 3.64. The number of halogens is 5. The Morgan fingerprint density at radius 1 is 1.14 bits per heavy atom. The number of hydrogen-bond acceptors (Lipinski definition) is 6. The van der Waals surface area contributed by atoms with Crippen LogP contribution in [0, 0.1) is 11.6 Å². The number of pyridine rings is 1. The van der Waals surface area contributed by atoms with Gasteiger partial charge in [0.25, 0.3) is 0 Å². The number of ether oxygens (including phenoxy) is 1. The summed E-state index contributed by atoms with van der Waals surface area (Å²) in [6.07, 6.45) is 3.90. The molecular formula is C36H32F5N5O4. The van der Waals surface area contributed by atoms with Crippen molar-refractivity contribution >= 4 is 33.9 Å². The zero-order valence-electron chi connectivity index (χ0n) is 26.9. The van der Waals surface area contributed by atoms with Crippen molar-refractivity contribution in [2.75, 3.05) is 31.6 Å². The van der Waals surface area contributed by atoms with Gasteiger partial charge in [0, 0.05) is 55.0 Å². The summed E-state index contributed by atoms with van der Waals surface area (Å²) in [7, 11) is 1.59. The van der Waals surface area contributed by atoms with Gasteiger partial charge in [-0.15, -0.1) is 0 Å². The van der Waals surface area contributed by atoms with E-state index in [-0.39, 0.29) is 64.8 Å². The summed E-state index contributed by atoms with van der Waals surface area (Å²) in [6.45, 7) is 1.13. The molecule has 7 rings (SSSR count). The molecule has 1 fully saturated rings. The molecule has 0 bridgehead atoms. The molecular weight excluding hydrogens is 661 g/mol. The summed E-state index contributed by atoms with van der Waals surface area (Å²) in [4.78, 5) is 32.7. The van der Waals surface area contributed by atoms with E-state index in [0.29, 0.717) is 17.6 Å². The van der Waals surface area contributed by atoms with Crippen LogP contribution in [0.25, 0.3) is 27.7 Å². The molecule has 2 aromatic carbocycles. The number of aryl methyl sites for hydroxylation is 1. The van der Waals surface area contributed by atoms with Crippen LogP contribution in [0.2, 0.25) is 0 Å². The van der Waals surface area contributed by atoms with E-state index in [4.69, 9.17) is 4.74 Å². The van der Waals surface area contributed by atoms with E-state index in [9.17, 15) is 27.9 Å². The summed E-state index contributed by atoms with van der Waals surface area (Å²) < 4.78 is 83.1. The molecule has 0 saturated carbocycles. The lowest BCUT2D eigenvalue weighted by atomic mass is 9.94. The molecule has 2 N–H and O–H groups in total. The van der Waals surface area contributed by atoms with Gasteiger partial charge in [0.1, 0.15) is 22.8 Å². The Hall–Kier alpha value is -5.08. The smallest absolute Gasteiger partial charge is 0.417 e. The molecule has 2 aliphatic rings. The zero-order valence-corrected chi connectivity index (χ0v) is 26.9. The Bertz CT molecular complexity index is 2160. The molecule has 5 heterocycles. The second-order valence-electron chi connectivity index (χ2n) is 12.5. The van der Waals surface area contributed by atoms with E-state index in [1.165, 1.54) is 39.7 Å². The summed E-state index contributed by atoms with van der Waals surface area (Å²) in [5, 5.41) is 11.8. The highest BCUT2D eigenvalue weighted by Gasteiger charge is 2.38. The second-order valence-corrected chi connectivity index (χ2v) is 12.5. The number of nitrogens with one attached hydrogen (secondary N) is 1. The molecule has 0 aliphatic carbocycles. The number of fused-ring (bicyclic) bond motifs is 4. The first kappa shape index (κ1) is 33.4. The number of carbonyl (C=O) groups is 2. The van der Waals surface area contributed by atoms with Crippen LogP contribution in [0.5, 0.6) is 5.75 Å². The minimum Gasteiger partial charge on any atom is -0.490 e. The Morgan fingerprint density at radius 3 is 2.66 bits per heavy atom. The number of hydrogen-bond donors (Lipinski definition) is 2. The number of benzene rings is 2. The number of imidazole rings is 1. The van der Waals surface area contributed by atoms with Gasteiger partial charge in [-0.2, -0.15) is 13.2 Å². The number of amides is 1. The highest BCUT2D eigenvalue weighted by molar-refractivity contribution is 6.10. The van der Waals surface area contributed by atoms with Crippen molar-refractivity contribution in [1.29, 1.82) is 0 Å². The number of alkyl halides is 3. The van der Waals surface area contributed by atoms with Crippen LogP contribution >= 0.6 is 0 Å². The number of aliphatic hydroxyl groups is 1. The van der Waals surface area contributed by atoms with Crippen LogP contribution in [0.4, 0.5) is 27.6 Å². The fourth-order valence-corrected chi connectivity index (χ4v) is 6.97. The lowest BCUT2D eigenvalue weighted by Gasteiger charge is -2.33. The van der Waals surface area contributed by atoms with Gasteiger partial charge < -0.3 is 24.1 Å². The van der Waals surface area contributed by atoms with E-state index >= 15 is 8.78 Å². The van der Waals surface area contributed by atoms with Crippen molar-refractivity contribution in [2.45, 2.75) is 37.9 Å². The van der Waals surface area contributed by atoms with Crippen LogP contribution in [-0.4, -0.2) is 68.0 Å². The van der Waals surface area contributed by atoms with Crippen LogP contribution in [0.3, 0.4) is 0 Å². The number of anilines is 1. The van der Waals surface area contributed by atoms with Gasteiger partial charge in [0.15, 0.2) is 5.75 Å². The van der Waals surface area contributed by atoms with Crippen molar-refractivity contribution in [3.05, 3.63) is 95.1 Å². The van der Waals surface area contributed by atoms with Gasteiger partial charge in [0.05, 0.1) is 41.8 Å². The van der Waals surface area contributed by atoms with Crippen molar-refractivity contribution in [3.8, 4) is 16.9 Å². The predicted octanol–water partition coefficient (Wildman–Crippen LogP) is 6.30. The van der Waals surface area contributed by atoms with Gasteiger partial charge >= 0.3 is 6.18 Å². The maximum absolute atomic E-state index is 15.3. The molecule has 5 aromatic rings. The Morgan fingerprint density at radius 2 is 1.92 bits per heavy atom. The lowest BCUT2D eigenvalue weighted by Crippen LogP contribution is -2.41. The molecule has 0 radical (unpaired) electrons. The summed E-state index contributed by atoms with van der Waals surface area (Å²) >= 11 is 0. The number of rotatable bonds is 7. The monoisotopic (exact) mass is 693 g/mol. The summed E-state index contributed by atoms with van der Waals surface area (Å²) in [5.41, 5.74) is -0.773. The fraction of sp³-hybridized carbons (Fsp3) is 0.306. The molecule has 1 atom stereocenters. The number of aromatic nitrogens is 3. The molecule has 0 unspecified atom stereocenters. The van der Waals surface area contributed by atoms with Crippen LogP contribution in [0.15, 0.2) is 61.1 Å². The van der Waals surface area contributed by atoms with Crippen molar-refractivity contribution < 1.29 is 41.4 Å². The minimum absolute atomic E-state index is 0.000468. The number of aliphatic hydroxyl groups excluding tert-OH is 1. The first-order chi connectivity index (χ1) is 24.0. The van der Waals surface area contributed by atoms with Crippen LogP contribution < -0.4 is 10.1 Å². The maximum atomic E-state index is 15.3. The van der Waals surface area contributed by atoms with Gasteiger partial charge in [-0.05, 0) is 55.3 Å². The molecule has 260 valence electrons. The topological polar surface area (TPSA) is 101 Å². The Balaban J connectivity index is 1.21. The third-order valence-electron chi connectivity index (χ3n) is 9.39. The maximum Gasteiger partial charge on any atom is 0.417 e. The lowest BCUT2D eigenvalue weighted by molar-refractivity contribution is -0.137. The minimum atomic E-state index is -4.76. The van der Waals surface area contributed by atoms with E-state index in [1.807, 2.05) is 4.90 Å². The average molecular weight is 694 g/mol. The van der Waals surface area contributed by atoms with Gasteiger partial charge in [-0.3, -0.25) is 14.5 Å². The SMILES string of the molecule is Cn1cnc2c3c(c(C(F)(F)F)cc21)-c1cccn2c(C(=O)c4cc(F)c(NC(=O)/C=C/CN5CCCC[C@H]5CO)c(F)c4)cc(c12)CCO3. The van der Waals surface area contributed by atoms with Crippen molar-refractivity contribution in [1.82, 2.24) is 18.9 Å². The van der Waals surface area contributed by atoms with Gasteiger partial charge in [-0.25, -0.2) is 13.8 Å². The first-order valence-electron chi connectivity index (χ1n) is 16.1. The first-order valence-corrected chi connectivity index (χ1v) is 16.1. The number of nitrogens with zero attached hydrogens (tertiary/aromatic N) is 4. The molecule has 0 spiro atoms. The standard InChI is InChI=1S/C36H32F5N5O4/c1-44-19-42-32-27(44)17-24(36(39,40)41)30-23-7-4-12-46-28(16-20(33(23)46)9-13-50-35(30)32)34(49)21-14-25(37)31(26(38)15-21)43-29(48)8-5-11-45-10-3-2-6-22(45)18-47/h4-5,7-8,12,14-17,19,22,47H,2-3,6,9-11,13,18H2,1H3,(H,43,48)/b8-5+/t22-/m0/s1. The quantitative estimate of drug-likeness (QED) is 0.118. The van der Waals surface area contributed by atoms with Crippen LogP contribution in [0.1, 0.15) is 46.4 Å². The predicted molar refractivity (Wildman–Crippen MR) is 175 cm³/mol. The summed E-state index contributed by atoms with van der Waals surface area (Å²) in [5.74, 6) is -3.94. The molecule has 50 heavy (non-hydrogen) atoms. The van der Waals surface area contributed by atoms with Gasteiger partial charge in [0.2, 0.25) is 11.7 Å². The van der Waals surface area contributed by atoms with Crippen LogP contribution in [-0.2, 0) is 24.4 Å². The van der Waals surface area contributed by atoms with Crippen molar-refractivity contribution in [2.24, 2.45) is 7.05 Å². The molecule has 2 aliphatic heterocycles. The van der Waals surface area contributed by atoms with Crippen molar-refractivity contribution in [3.63, 3.8) is 0 Å². The van der Waals surface area contributed by atoms with E-state index < -0.39 is 40.8 Å². The molecule has 1 amide bonds. The third kappa shape index (κ3) is 5.92.